The molecule has 2 rings (SSSR count). The lowest BCUT2D eigenvalue weighted by Crippen LogP contribution is -2.54. The molecule has 0 saturated carbocycles. The molecule has 1 aromatic carbocycles. The fourth-order valence-corrected chi connectivity index (χ4v) is 3.79. The Morgan fingerprint density at radius 2 is 1.84 bits per heavy atom. The second kappa shape index (κ2) is 10.8. The molecule has 1 fully saturated rings. The maximum Gasteiger partial charge on any atom is 0.408 e. The van der Waals surface area contributed by atoms with Crippen LogP contribution in [0.3, 0.4) is 0 Å². The number of amides is 1. The zero-order valence-corrected chi connectivity index (χ0v) is 20.3. The molecule has 174 valence electrons. The average molecular weight is 432 g/mol. The third-order valence-corrected chi connectivity index (χ3v) is 5.34. The van der Waals surface area contributed by atoms with Crippen molar-refractivity contribution in [2.45, 2.75) is 71.7 Å². The van der Waals surface area contributed by atoms with Crippen LogP contribution in [-0.4, -0.2) is 60.8 Å². The zero-order valence-electron chi connectivity index (χ0n) is 20.3. The van der Waals surface area contributed by atoms with Crippen molar-refractivity contribution < 1.29 is 9.53 Å². The number of carbonyl (C=O) groups is 1. The van der Waals surface area contributed by atoms with E-state index < -0.39 is 17.2 Å². The Morgan fingerprint density at radius 1 is 1.16 bits per heavy atom. The quantitative estimate of drug-likeness (QED) is 0.456. The van der Waals surface area contributed by atoms with Gasteiger partial charge in [0.05, 0.1) is 5.54 Å². The van der Waals surface area contributed by atoms with E-state index in [4.69, 9.17) is 4.74 Å². The van der Waals surface area contributed by atoms with Crippen LogP contribution >= 0.6 is 0 Å². The maximum atomic E-state index is 12.1. The van der Waals surface area contributed by atoms with Crippen LogP contribution in [-0.2, 0) is 11.3 Å². The minimum Gasteiger partial charge on any atom is -0.444 e. The van der Waals surface area contributed by atoms with Crippen LogP contribution in [0, 0.1) is 5.92 Å². The number of ether oxygens (including phenoxy) is 1. The Bertz CT molecular complexity index is 727. The summed E-state index contributed by atoms with van der Waals surface area (Å²) in [5.41, 5.74) is 0.368. The molecule has 7 heteroatoms. The van der Waals surface area contributed by atoms with E-state index in [1.54, 1.807) is 7.05 Å². The van der Waals surface area contributed by atoms with Crippen molar-refractivity contribution in [3.63, 3.8) is 0 Å². The minimum absolute atomic E-state index is 0.416. The SMILES string of the molecule is CN=C(NCC1CC(C)N(Cc2ccccc2)C1)NCC(C)(C)NC(=O)OC(C)(C)C. The molecule has 1 saturated heterocycles. The highest BCUT2D eigenvalue weighted by molar-refractivity contribution is 5.79. The van der Waals surface area contributed by atoms with Crippen LogP contribution < -0.4 is 16.0 Å². The Balaban J connectivity index is 1.76. The first kappa shape index (κ1) is 25.0. The largest absolute Gasteiger partial charge is 0.444 e. The second-order valence-corrected chi connectivity index (χ2v) is 10.2. The number of nitrogens with one attached hydrogen (secondary N) is 3. The summed E-state index contributed by atoms with van der Waals surface area (Å²) in [5, 5.41) is 9.68. The number of nitrogens with zero attached hydrogens (tertiary/aromatic N) is 2. The normalized spacial score (nSPS) is 20.4. The van der Waals surface area contributed by atoms with Crippen LogP contribution in [0.5, 0.6) is 0 Å². The topological polar surface area (TPSA) is 78.0 Å². The molecule has 0 bridgehead atoms. The van der Waals surface area contributed by atoms with E-state index in [-0.39, 0.29) is 0 Å². The van der Waals surface area contributed by atoms with Crippen molar-refractivity contribution in [2.24, 2.45) is 10.9 Å². The molecule has 7 nitrogen and oxygen atoms in total. The summed E-state index contributed by atoms with van der Waals surface area (Å²) in [7, 11) is 1.77. The third kappa shape index (κ3) is 9.17. The zero-order chi connectivity index (χ0) is 23.1. The van der Waals surface area contributed by atoms with Gasteiger partial charge in [0.15, 0.2) is 5.96 Å². The summed E-state index contributed by atoms with van der Waals surface area (Å²) < 4.78 is 5.36. The number of likely N-dealkylation sites (tertiary alicyclic amines) is 1. The summed E-state index contributed by atoms with van der Waals surface area (Å²) in [6, 6.07) is 11.2. The van der Waals surface area contributed by atoms with Crippen molar-refractivity contribution in [1.82, 2.24) is 20.9 Å². The molecule has 1 aromatic rings. The molecule has 1 aliphatic rings. The molecule has 0 aliphatic carbocycles. The lowest BCUT2D eigenvalue weighted by atomic mass is 10.1. The molecular weight excluding hydrogens is 390 g/mol. The molecule has 1 amide bonds. The van der Waals surface area contributed by atoms with E-state index >= 15 is 0 Å². The van der Waals surface area contributed by atoms with Gasteiger partial charge in [0.1, 0.15) is 5.60 Å². The fourth-order valence-electron chi connectivity index (χ4n) is 3.79. The first-order valence-corrected chi connectivity index (χ1v) is 11.2. The molecule has 31 heavy (non-hydrogen) atoms. The number of guanidine groups is 1. The van der Waals surface area contributed by atoms with Gasteiger partial charge in [0.2, 0.25) is 0 Å². The fraction of sp³-hybridized carbons (Fsp3) is 0.667. The van der Waals surface area contributed by atoms with Crippen molar-refractivity contribution in [1.29, 1.82) is 0 Å². The van der Waals surface area contributed by atoms with E-state index in [0.29, 0.717) is 18.5 Å². The van der Waals surface area contributed by atoms with Gasteiger partial charge in [-0.15, -0.1) is 0 Å². The van der Waals surface area contributed by atoms with E-state index in [2.05, 4.69) is 63.1 Å². The molecule has 0 aromatic heterocycles. The minimum atomic E-state index is -0.516. The molecule has 2 unspecified atom stereocenters. The first-order valence-electron chi connectivity index (χ1n) is 11.2. The van der Waals surface area contributed by atoms with Gasteiger partial charge in [-0.25, -0.2) is 4.79 Å². The van der Waals surface area contributed by atoms with E-state index in [1.807, 2.05) is 34.6 Å². The van der Waals surface area contributed by atoms with Crippen LogP contribution in [0.15, 0.2) is 35.3 Å². The highest BCUT2D eigenvalue weighted by Crippen LogP contribution is 2.24. The standard InChI is InChI=1S/C24H41N5O2/c1-18-13-20(16-29(18)15-19-11-9-8-10-12-19)14-26-21(25-7)27-17-24(5,6)28-22(30)31-23(2,3)4/h8-12,18,20H,13-17H2,1-7H3,(H,28,30)(H2,25,26,27). The monoisotopic (exact) mass is 431 g/mol. The highest BCUT2D eigenvalue weighted by Gasteiger charge is 2.29. The molecule has 2 atom stereocenters. The summed E-state index contributed by atoms with van der Waals surface area (Å²) >= 11 is 0. The number of aliphatic imine (C=N–C) groups is 1. The van der Waals surface area contributed by atoms with Crippen LogP contribution in [0.4, 0.5) is 4.79 Å². The molecule has 1 heterocycles. The number of benzene rings is 1. The van der Waals surface area contributed by atoms with Gasteiger partial charge in [0.25, 0.3) is 0 Å². The average Bonchev–Trinajstić information content (AvgIpc) is 3.00. The first-order chi connectivity index (χ1) is 14.5. The van der Waals surface area contributed by atoms with Gasteiger partial charge >= 0.3 is 6.09 Å². The highest BCUT2D eigenvalue weighted by atomic mass is 16.6. The second-order valence-electron chi connectivity index (χ2n) is 10.2. The summed E-state index contributed by atoms with van der Waals surface area (Å²) in [4.78, 5) is 18.9. The van der Waals surface area contributed by atoms with Gasteiger partial charge < -0.3 is 20.7 Å². The van der Waals surface area contributed by atoms with Crippen LogP contribution in [0.25, 0.3) is 0 Å². The predicted molar refractivity (Wildman–Crippen MR) is 127 cm³/mol. The van der Waals surface area contributed by atoms with Gasteiger partial charge in [-0.2, -0.15) is 0 Å². The summed E-state index contributed by atoms with van der Waals surface area (Å²) in [6.07, 6.45) is 0.753. The van der Waals surface area contributed by atoms with Gasteiger partial charge in [-0.3, -0.25) is 9.89 Å². The Kier molecular flexibility index (Phi) is 8.74. The lowest BCUT2D eigenvalue weighted by molar-refractivity contribution is 0.0474. The Labute approximate surface area is 188 Å². The number of alkyl carbamates (subject to hydrolysis) is 1. The van der Waals surface area contributed by atoms with Crippen molar-refractivity contribution >= 4 is 12.1 Å². The Morgan fingerprint density at radius 3 is 2.45 bits per heavy atom. The molecule has 1 aliphatic heterocycles. The third-order valence-electron chi connectivity index (χ3n) is 5.34. The molecular formula is C24H41N5O2. The Hall–Kier alpha value is -2.28. The number of hydrogen-bond donors (Lipinski definition) is 3. The van der Waals surface area contributed by atoms with E-state index in [9.17, 15) is 4.79 Å². The summed E-state index contributed by atoms with van der Waals surface area (Å²) in [5.74, 6) is 1.32. The van der Waals surface area contributed by atoms with Crippen LogP contribution in [0.1, 0.15) is 53.5 Å². The predicted octanol–water partition coefficient (Wildman–Crippen LogP) is 3.37. The van der Waals surface area contributed by atoms with E-state index in [1.165, 1.54) is 12.0 Å². The lowest BCUT2D eigenvalue weighted by Gasteiger charge is -2.29. The van der Waals surface area contributed by atoms with Crippen LogP contribution in [0.2, 0.25) is 0 Å². The smallest absolute Gasteiger partial charge is 0.408 e. The molecule has 0 radical (unpaired) electrons. The molecule has 3 N–H and O–H groups in total. The molecule has 0 spiro atoms. The number of hydrogen-bond acceptors (Lipinski definition) is 4. The van der Waals surface area contributed by atoms with Crippen molar-refractivity contribution in [3.05, 3.63) is 35.9 Å². The van der Waals surface area contributed by atoms with Crippen molar-refractivity contribution in [2.75, 3.05) is 26.7 Å². The van der Waals surface area contributed by atoms with Crippen molar-refractivity contribution in [3.8, 4) is 0 Å². The van der Waals surface area contributed by atoms with Gasteiger partial charge in [-0.1, -0.05) is 30.3 Å². The maximum absolute atomic E-state index is 12.1. The number of rotatable bonds is 7. The van der Waals surface area contributed by atoms with Gasteiger partial charge in [-0.05, 0) is 59.4 Å². The number of carbonyl (C=O) groups excluding carboxylic acids is 1. The van der Waals surface area contributed by atoms with E-state index in [0.717, 1.165) is 25.6 Å². The van der Waals surface area contributed by atoms with Gasteiger partial charge in [0, 0.05) is 39.3 Å². The summed E-state index contributed by atoms with van der Waals surface area (Å²) in [6.45, 7) is 15.3.